The van der Waals surface area contributed by atoms with Crippen LogP contribution in [0.2, 0.25) is 0 Å². The number of benzene rings is 2. The van der Waals surface area contributed by atoms with Gasteiger partial charge in [-0.1, -0.05) is 30.3 Å². The van der Waals surface area contributed by atoms with Crippen molar-refractivity contribution in [2.24, 2.45) is 0 Å². The second-order valence-electron chi connectivity index (χ2n) is 5.39. The number of para-hydroxylation sites is 3. The number of nitrogens with zero attached hydrogens (tertiary/aromatic N) is 1. The van der Waals surface area contributed by atoms with E-state index in [0.29, 0.717) is 13.2 Å². The molecule has 0 saturated carbocycles. The van der Waals surface area contributed by atoms with Gasteiger partial charge in [-0.2, -0.15) is 0 Å². The van der Waals surface area contributed by atoms with E-state index in [1.165, 1.54) is 0 Å². The quantitative estimate of drug-likeness (QED) is 0.861. The van der Waals surface area contributed by atoms with Crippen LogP contribution in [-0.2, 0) is 4.79 Å². The zero-order valence-corrected chi connectivity index (χ0v) is 12.7. The summed E-state index contributed by atoms with van der Waals surface area (Å²) >= 11 is 0. The maximum absolute atomic E-state index is 12.4. The second kappa shape index (κ2) is 6.52. The molecule has 1 aliphatic rings. The first-order chi connectivity index (χ1) is 10.8. The number of amides is 1. The Balaban J connectivity index is 1.61. The van der Waals surface area contributed by atoms with Crippen molar-refractivity contribution >= 4 is 17.3 Å². The average molecular weight is 296 g/mol. The van der Waals surface area contributed by atoms with E-state index in [1.54, 1.807) is 0 Å². The predicted octanol–water partition coefficient (Wildman–Crippen LogP) is 3.30. The monoisotopic (exact) mass is 296 g/mol. The maximum atomic E-state index is 12.4. The van der Waals surface area contributed by atoms with Crippen LogP contribution in [0.5, 0.6) is 5.75 Å². The molecule has 3 rings (SSSR count). The third kappa shape index (κ3) is 3.06. The number of nitrogens with one attached hydrogen (secondary N) is 1. The lowest BCUT2D eigenvalue weighted by molar-refractivity contribution is -0.119. The second-order valence-corrected chi connectivity index (χ2v) is 5.39. The SMILES string of the molecule is CC1Nc2ccccc2N(CCCOc2ccccc2)C1=O. The average Bonchev–Trinajstić information content (AvgIpc) is 2.55. The number of anilines is 2. The fourth-order valence-electron chi connectivity index (χ4n) is 2.64. The number of hydrogen-bond donors (Lipinski definition) is 1. The molecule has 0 aromatic heterocycles. The van der Waals surface area contributed by atoms with Crippen molar-refractivity contribution in [1.82, 2.24) is 0 Å². The summed E-state index contributed by atoms with van der Waals surface area (Å²) in [5.74, 6) is 0.973. The van der Waals surface area contributed by atoms with E-state index >= 15 is 0 Å². The Morgan fingerprint density at radius 3 is 2.64 bits per heavy atom. The van der Waals surface area contributed by atoms with E-state index in [2.05, 4.69) is 5.32 Å². The molecule has 2 aromatic rings. The minimum atomic E-state index is -0.190. The topological polar surface area (TPSA) is 41.6 Å². The summed E-state index contributed by atoms with van der Waals surface area (Å²) in [7, 11) is 0. The van der Waals surface area contributed by atoms with Crippen LogP contribution in [0.25, 0.3) is 0 Å². The normalized spacial score (nSPS) is 16.9. The Bertz CT molecular complexity index is 643. The van der Waals surface area contributed by atoms with Crippen molar-refractivity contribution in [1.29, 1.82) is 0 Å². The molecule has 114 valence electrons. The minimum Gasteiger partial charge on any atom is -0.494 e. The number of ether oxygens (including phenoxy) is 1. The standard InChI is InChI=1S/C18H20N2O2/c1-14-18(21)20(17-11-6-5-10-16(17)19-14)12-7-13-22-15-8-3-2-4-9-15/h2-6,8-11,14,19H,7,12-13H2,1H3. The van der Waals surface area contributed by atoms with Crippen molar-refractivity contribution in [2.45, 2.75) is 19.4 Å². The summed E-state index contributed by atoms with van der Waals surface area (Å²) in [5.41, 5.74) is 1.96. The first kappa shape index (κ1) is 14.4. The molecule has 1 atom stereocenters. The lowest BCUT2D eigenvalue weighted by Gasteiger charge is -2.33. The van der Waals surface area contributed by atoms with Gasteiger partial charge in [0.05, 0.1) is 18.0 Å². The predicted molar refractivity (Wildman–Crippen MR) is 88.4 cm³/mol. The largest absolute Gasteiger partial charge is 0.494 e. The number of carbonyl (C=O) groups excluding carboxylic acids is 1. The molecule has 1 amide bonds. The fourth-order valence-corrected chi connectivity index (χ4v) is 2.64. The van der Waals surface area contributed by atoms with E-state index in [0.717, 1.165) is 23.5 Å². The molecule has 1 aliphatic heterocycles. The van der Waals surface area contributed by atoms with Crippen molar-refractivity contribution < 1.29 is 9.53 Å². The molecule has 0 bridgehead atoms. The van der Waals surface area contributed by atoms with E-state index in [9.17, 15) is 4.79 Å². The van der Waals surface area contributed by atoms with Gasteiger partial charge in [-0.25, -0.2) is 0 Å². The molecule has 0 radical (unpaired) electrons. The molecule has 2 aromatic carbocycles. The third-order valence-electron chi connectivity index (χ3n) is 3.74. The molecule has 0 saturated heterocycles. The van der Waals surface area contributed by atoms with Crippen molar-refractivity contribution in [2.75, 3.05) is 23.4 Å². The first-order valence-corrected chi connectivity index (χ1v) is 7.60. The molecule has 22 heavy (non-hydrogen) atoms. The van der Waals surface area contributed by atoms with Gasteiger partial charge in [-0.05, 0) is 37.6 Å². The van der Waals surface area contributed by atoms with Gasteiger partial charge in [-0.15, -0.1) is 0 Å². The number of fused-ring (bicyclic) bond motifs is 1. The highest BCUT2D eigenvalue weighted by Crippen LogP contribution is 2.31. The maximum Gasteiger partial charge on any atom is 0.249 e. The van der Waals surface area contributed by atoms with Crippen molar-refractivity contribution in [3.8, 4) is 5.75 Å². The summed E-state index contributed by atoms with van der Waals surface area (Å²) in [4.78, 5) is 14.2. The van der Waals surface area contributed by atoms with Gasteiger partial charge in [-0.3, -0.25) is 4.79 Å². The summed E-state index contributed by atoms with van der Waals surface area (Å²) in [5, 5.41) is 3.23. The number of carbonyl (C=O) groups is 1. The molecule has 0 aliphatic carbocycles. The summed E-state index contributed by atoms with van der Waals surface area (Å²) in [6, 6.07) is 17.5. The van der Waals surface area contributed by atoms with Crippen molar-refractivity contribution in [3.63, 3.8) is 0 Å². The summed E-state index contributed by atoms with van der Waals surface area (Å²) < 4.78 is 5.69. The Morgan fingerprint density at radius 2 is 1.82 bits per heavy atom. The molecule has 4 nitrogen and oxygen atoms in total. The molecular formula is C18H20N2O2. The summed E-state index contributed by atoms with van der Waals surface area (Å²) in [6.07, 6.45) is 0.793. The van der Waals surface area contributed by atoms with Crippen molar-refractivity contribution in [3.05, 3.63) is 54.6 Å². The van der Waals surface area contributed by atoms with Crippen LogP contribution in [0.3, 0.4) is 0 Å². The summed E-state index contributed by atoms with van der Waals surface area (Å²) in [6.45, 7) is 3.15. The van der Waals surface area contributed by atoms with Crippen LogP contribution in [0.1, 0.15) is 13.3 Å². The van der Waals surface area contributed by atoms with Gasteiger partial charge in [0.15, 0.2) is 0 Å². The third-order valence-corrected chi connectivity index (χ3v) is 3.74. The van der Waals surface area contributed by atoms with Gasteiger partial charge in [0, 0.05) is 6.54 Å². The lowest BCUT2D eigenvalue weighted by Crippen LogP contribution is -2.46. The molecule has 1 unspecified atom stereocenters. The Labute approximate surface area is 130 Å². The Kier molecular flexibility index (Phi) is 4.28. The van der Waals surface area contributed by atoms with Crippen LogP contribution in [0.15, 0.2) is 54.6 Å². The highest BCUT2D eigenvalue weighted by atomic mass is 16.5. The molecule has 0 spiro atoms. The molecular weight excluding hydrogens is 276 g/mol. The number of hydrogen-bond acceptors (Lipinski definition) is 3. The van der Waals surface area contributed by atoms with E-state index < -0.39 is 0 Å². The van der Waals surface area contributed by atoms with Crippen LogP contribution in [0.4, 0.5) is 11.4 Å². The molecule has 4 heteroatoms. The van der Waals surface area contributed by atoms with Crippen LogP contribution in [0, 0.1) is 0 Å². The number of rotatable bonds is 5. The van der Waals surface area contributed by atoms with Gasteiger partial charge in [0.1, 0.15) is 11.8 Å². The van der Waals surface area contributed by atoms with Crippen LogP contribution < -0.4 is 15.0 Å². The molecule has 0 fully saturated rings. The zero-order valence-electron chi connectivity index (χ0n) is 12.7. The van der Waals surface area contributed by atoms with Gasteiger partial charge in [0.2, 0.25) is 5.91 Å². The fraction of sp³-hybridized carbons (Fsp3) is 0.278. The molecule has 1 heterocycles. The van der Waals surface area contributed by atoms with E-state index in [-0.39, 0.29) is 11.9 Å². The smallest absolute Gasteiger partial charge is 0.249 e. The zero-order chi connectivity index (χ0) is 15.4. The van der Waals surface area contributed by atoms with E-state index in [1.807, 2.05) is 66.4 Å². The lowest BCUT2D eigenvalue weighted by atomic mass is 10.1. The van der Waals surface area contributed by atoms with E-state index in [4.69, 9.17) is 4.74 Å². The van der Waals surface area contributed by atoms with Crippen LogP contribution >= 0.6 is 0 Å². The molecule has 1 N–H and O–H groups in total. The highest BCUT2D eigenvalue weighted by molar-refractivity contribution is 6.04. The minimum absolute atomic E-state index is 0.110. The Morgan fingerprint density at radius 1 is 1.09 bits per heavy atom. The van der Waals surface area contributed by atoms with Gasteiger partial charge in [0.25, 0.3) is 0 Å². The Hall–Kier alpha value is -2.49. The van der Waals surface area contributed by atoms with Crippen LogP contribution in [-0.4, -0.2) is 25.1 Å². The van der Waals surface area contributed by atoms with Gasteiger partial charge < -0.3 is 15.0 Å². The first-order valence-electron chi connectivity index (χ1n) is 7.60. The highest BCUT2D eigenvalue weighted by Gasteiger charge is 2.28. The van der Waals surface area contributed by atoms with Gasteiger partial charge >= 0.3 is 0 Å².